The van der Waals surface area contributed by atoms with Crippen molar-refractivity contribution in [1.29, 1.82) is 0 Å². The maximum atomic E-state index is 13.4. The Kier molecular flexibility index (Phi) is 8.57. The summed E-state index contributed by atoms with van der Waals surface area (Å²) in [7, 11) is 0. The van der Waals surface area contributed by atoms with E-state index < -0.39 is 6.04 Å². The summed E-state index contributed by atoms with van der Waals surface area (Å²) in [6, 6.07) is -0.580. The lowest BCUT2D eigenvalue weighted by Crippen LogP contribution is -2.66. The van der Waals surface area contributed by atoms with Crippen molar-refractivity contribution in [2.75, 3.05) is 6.61 Å². The molecule has 5 aliphatic carbocycles. The molecule has 5 heteroatoms. The summed E-state index contributed by atoms with van der Waals surface area (Å²) in [5.74, 6) is 2.63. The van der Waals surface area contributed by atoms with Gasteiger partial charge in [0.15, 0.2) is 0 Å². The number of hydrogen-bond donors (Lipinski definition) is 2. The number of carbonyl (C=O) groups is 2. The van der Waals surface area contributed by atoms with Gasteiger partial charge < -0.3 is 15.2 Å². The molecule has 0 aromatic heterocycles. The number of esters is 1. The molecule has 0 radical (unpaired) electrons. The van der Waals surface area contributed by atoms with Gasteiger partial charge in [0.1, 0.15) is 6.04 Å². The predicted molar refractivity (Wildman–Crippen MR) is 173 cm³/mol. The third kappa shape index (κ3) is 5.05. The van der Waals surface area contributed by atoms with Gasteiger partial charge in [-0.15, -0.1) is 0 Å². The first kappa shape index (κ1) is 33.0. The zero-order valence-corrected chi connectivity index (χ0v) is 29.0. The van der Waals surface area contributed by atoms with Crippen LogP contribution in [0.2, 0.25) is 0 Å². The van der Waals surface area contributed by atoms with Crippen molar-refractivity contribution in [3.05, 3.63) is 12.2 Å². The fourth-order valence-corrected chi connectivity index (χ4v) is 12.8. The summed E-state index contributed by atoms with van der Waals surface area (Å²) in [4.78, 5) is 25.3. The Morgan fingerprint density at radius 1 is 0.884 bits per heavy atom. The monoisotopic (exact) mass is 597 g/mol. The number of aliphatic hydroxyl groups is 1. The van der Waals surface area contributed by atoms with Gasteiger partial charge >= 0.3 is 5.97 Å². The molecule has 244 valence electrons. The van der Waals surface area contributed by atoms with E-state index in [2.05, 4.69) is 67.3 Å². The normalized spacial score (nSPS) is 45.7. The van der Waals surface area contributed by atoms with Crippen LogP contribution in [0, 0.1) is 62.6 Å². The molecule has 43 heavy (non-hydrogen) atoms. The molecule has 5 fully saturated rings. The molecule has 0 aliphatic heterocycles. The zero-order valence-electron chi connectivity index (χ0n) is 29.0. The molecule has 0 bridgehead atoms. The lowest BCUT2D eigenvalue weighted by atomic mass is 9.32. The second kappa shape index (κ2) is 11.2. The highest BCUT2D eigenvalue weighted by molar-refractivity contribution is 5.83. The first-order chi connectivity index (χ1) is 19.9. The molecule has 5 unspecified atom stereocenters. The largest absolute Gasteiger partial charge is 0.464 e. The van der Waals surface area contributed by atoms with Gasteiger partial charge in [0.05, 0.1) is 12.7 Å². The van der Waals surface area contributed by atoms with Gasteiger partial charge in [-0.1, -0.05) is 60.6 Å². The Hall–Kier alpha value is -1.36. The Labute approximate surface area is 262 Å². The van der Waals surface area contributed by atoms with Crippen LogP contribution < -0.4 is 5.32 Å². The van der Waals surface area contributed by atoms with Crippen LogP contribution in [0.15, 0.2) is 12.2 Å². The van der Waals surface area contributed by atoms with E-state index >= 15 is 0 Å². The van der Waals surface area contributed by atoms with Crippen molar-refractivity contribution in [3.63, 3.8) is 0 Å². The van der Waals surface area contributed by atoms with Gasteiger partial charge in [-0.2, -0.15) is 0 Å². The smallest absolute Gasteiger partial charge is 0.328 e. The summed E-state index contributed by atoms with van der Waals surface area (Å²) in [5, 5.41) is 13.9. The fourth-order valence-electron chi connectivity index (χ4n) is 12.8. The van der Waals surface area contributed by atoms with Crippen LogP contribution >= 0.6 is 0 Å². The van der Waals surface area contributed by atoms with Gasteiger partial charge in [-0.05, 0) is 135 Å². The number of ether oxygens (including phenoxy) is 1. The Morgan fingerprint density at radius 3 is 2.21 bits per heavy atom. The molecule has 0 aromatic rings. The fraction of sp³-hybridized carbons (Fsp3) is 0.895. The second-order valence-corrected chi connectivity index (χ2v) is 17.9. The Morgan fingerprint density at radius 2 is 1.58 bits per heavy atom. The minimum atomic E-state index is -0.580. The molecule has 0 heterocycles. The van der Waals surface area contributed by atoms with Crippen molar-refractivity contribution < 1.29 is 19.4 Å². The standard InChI is InChI=1S/C38H63NO4/c1-23(2)21-28(39-25(5)40)33(42)43-22-38-18-13-26(24(3)4)32(38)27-11-12-30-35(8)16-15-31(41)34(6,7)29(35)14-17-37(30,10)36(27,9)19-20-38/h23,26-32,41H,3,11-22H2,1-2,4-10H3,(H,39,40)/t26-,27?,28?,29?,30?,31-,32?,35-,36+,37+,38+/m0/s1. The molecule has 5 rings (SSSR count). The quantitative estimate of drug-likeness (QED) is 0.230. The van der Waals surface area contributed by atoms with Crippen molar-refractivity contribution >= 4 is 11.9 Å². The lowest BCUT2D eigenvalue weighted by Gasteiger charge is -2.73. The third-order valence-electron chi connectivity index (χ3n) is 15.1. The SMILES string of the molecule is C=C(C)[C@@H]1CC[C@]2(COC(=O)C(CC(C)C)NC(C)=O)CC[C@]3(C)C(CCC4[C@@]5(C)CC[C@H](O)C(C)(C)C5CC[C@]43C)C12. The number of allylic oxidation sites excluding steroid dienone is 1. The summed E-state index contributed by atoms with van der Waals surface area (Å²) in [5.41, 5.74) is 2.02. The van der Waals surface area contributed by atoms with E-state index in [1.54, 1.807) is 0 Å². The number of aliphatic hydroxyl groups excluding tert-OH is 1. The molecule has 0 spiro atoms. The average molecular weight is 598 g/mol. The second-order valence-electron chi connectivity index (χ2n) is 17.9. The molecule has 5 nitrogen and oxygen atoms in total. The number of carbonyl (C=O) groups excluding carboxylic acids is 2. The van der Waals surface area contributed by atoms with Crippen LogP contribution in [0.25, 0.3) is 0 Å². The molecule has 5 aliphatic rings. The van der Waals surface area contributed by atoms with E-state index in [0.29, 0.717) is 42.6 Å². The van der Waals surface area contributed by atoms with Crippen molar-refractivity contribution in [2.45, 2.75) is 145 Å². The van der Waals surface area contributed by atoms with E-state index in [0.717, 1.165) is 32.1 Å². The highest BCUT2D eigenvalue weighted by Crippen LogP contribution is 2.77. The minimum absolute atomic E-state index is 0.0106. The van der Waals surface area contributed by atoms with Crippen LogP contribution in [-0.2, 0) is 14.3 Å². The number of hydrogen-bond acceptors (Lipinski definition) is 4. The first-order valence-electron chi connectivity index (χ1n) is 17.7. The van der Waals surface area contributed by atoms with Crippen LogP contribution in [0.4, 0.5) is 0 Å². The van der Waals surface area contributed by atoms with E-state index in [1.807, 2.05) is 0 Å². The van der Waals surface area contributed by atoms with E-state index in [-0.39, 0.29) is 51.0 Å². The number of fused-ring (bicyclic) bond motifs is 7. The maximum absolute atomic E-state index is 13.4. The topological polar surface area (TPSA) is 75.6 Å². The van der Waals surface area contributed by atoms with Gasteiger partial charge in [0.2, 0.25) is 5.91 Å². The lowest BCUT2D eigenvalue weighted by molar-refractivity contribution is -0.250. The summed E-state index contributed by atoms with van der Waals surface area (Å²) in [6.07, 6.45) is 12.0. The molecule has 11 atom stereocenters. The molecular formula is C38H63NO4. The van der Waals surface area contributed by atoms with Gasteiger partial charge in [0.25, 0.3) is 0 Å². The van der Waals surface area contributed by atoms with Gasteiger partial charge in [-0.3, -0.25) is 4.79 Å². The average Bonchev–Trinajstić information content (AvgIpc) is 3.29. The highest BCUT2D eigenvalue weighted by Gasteiger charge is 2.71. The maximum Gasteiger partial charge on any atom is 0.328 e. The summed E-state index contributed by atoms with van der Waals surface area (Å²) >= 11 is 0. The van der Waals surface area contributed by atoms with Crippen molar-refractivity contribution in [1.82, 2.24) is 5.32 Å². The van der Waals surface area contributed by atoms with Crippen LogP contribution in [0.1, 0.15) is 133 Å². The molecular weight excluding hydrogens is 534 g/mol. The molecule has 2 N–H and O–H groups in total. The third-order valence-corrected chi connectivity index (χ3v) is 15.1. The molecule has 0 saturated heterocycles. The Balaban J connectivity index is 1.44. The number of nitrogens with one attached hydrogen (secondary N) is 1. The van der Waals surface area contributed by atoms with Crippen LogP contribution in [-0.4, -0.2) is 35.7 Å². The summed E-state index contributed by atoms with van der Waals surface area (Å²) < 4.78 is 6.24. The Bertz CT molecular complexity index is 1110. The summed E-state index contributed by atoms with van der Waals surface area (Å²) in [6.45, 7) is 25.4. The molecule has 0 aromatic carbocycles. The van der Waals surface area contributed by atoms with Crippen molar-refractivity contribution in [3.8, 4) is 0 Å². The van der Waals surface area contributed by atoms with Crippen molar-refractivity contribution in [2.24, 2.45) is 62.6 Å². The minimum Gasteiger partial charge on any atom is -0.464 e. The first-order valence-corrected chi connectivity index (χ1v) is 17.7. The predicted octanol–water partition coefficient (Wildman–Crippen LogP) is 8.10. The van der Waals surface area contributed by atoms with E-state index in [1.165, 1.54) is 44.6 Å². The number of amides is 1. The van der Waals surface area contributed by atoms with Gasteiger partial charge in [0, 0.05) is 12.3 Å². The van der Waals surface area contributed by atoms with Crippen LogP contribution in [0.3, 0.4) is 0 Å². The molecule has 1 amide bonds. The zero-order chi connectivity index (χ0) is 31.8. The van der Waals surface area contributed by atoms with Gasteiger partial charge in [-0.25, -0.2) is 4.79 Å². The number of rotatable bonds is 7. The van der Waals surface area contributed by atoms with E-state index in [4.69, 9.17) is 4.74 Å². The molecule has 5 saturated carbocycles. The van der Waals surface area contributed by atoms with Crippen LogP contribution in [0.5, 0.6) is 0 Å². The van der Waals surface area contributed by atoms with E-state index in [9.17, 15) is 14.7 Å². The highest BCUT2D eigenvalue weighted by atomic mass is 16.5.